The van der Waals surface area contributed by atoms with Crippen LogP contribution in [0.3, 0.4) is 0 Å². The van der Waals surface area contributed by atoms with Crippen molar-refractivity contribution in [3.63, 3.8) is 0 Å². The fraction of sp³-hybridized carbons (Fsp3) is 0.0833. The lowest BCUT2D eigenvalue weighted by molar-refractivity contribution is -0.384. The molecule has 134 valence electrons. The Morgan fingerprint density at radius 1 is 1.42 bits per heavy atom. The first kappa shape index (κ1) is 16.8. The van der Waals surface area contributed by atoms with E-state index in [1.54, 1.807) is 0 Å². The van der Waals surface area contributed by atoms with Crippen molar-refractivity contribution in [3.8, 4) is 11.6 Å². The largest absolute Gasteiger partial charge is 0.508 e. The molecule has 26 heavy (non-hydrogen) atoms. The second kappa shape index (κ2) is 6.81. The standard InChI is InChI=1S/C12H11N9O5/c13-10-11(18-26-17-10)20-5-8(15-19-20)12(23)16-14-4-6-3-7(21(24)25)1-2-9(6)22/h1-3,5,14,22H,4H2,(H2,13,17)(H,16,23). The highest BCUT2D eigenvalue weighted by atomic mass is 16.6. The number of nitrogens with one attached hydrogen (secondary N) is 2. The molecule has 0 radical (unpaired) electrons. The molecule has 14 heteroatoms. The molecule has 0 aliphatic carbocycles. The van der Waals surface area contributed by atoms with Crippen molar-refractivity contribution in [3.05, 3.63) is 45.8 Å². The number of aromatic nitrogens is 5. The third kappa shape index (κ3) is 3.39. The minimum absolute atomic E-state index is 0.0267. The number of hydrogen-bond acceptors (Lipinski definition) is 11. The molecule has 0 unspecified atom stereocenters. The molecule has 0 fully saturated rings. The molecule has 0 bridgehead atoms. The molecular weight excluding hydrogens is 350 g/mol. The third-order valence-corrected chi connectivity index (χ3v) is 3.19. The molecule has 0 saturated carbocycles. The SMILES string of the molecule is Nc1nonc1-n1cc(C(=O)NNCc2cc([N+](=O)[O-])ccc2O)nn1. The number of benzene rings is 1. The minimum Gasteiger partial charge on any atom is -0.508 e. The van der Waals surface area contributed by atoms with Gasteiger partial charge in [-0.05, 0) is 16.4 Å². The van der Waals surface area contributed by atoms with Gasteiger partial charge in [-0.2, -0.15) is 4.68 Å². The molecule has 1 aromatic carbocycles. The van der Waals surface area contributed by atoms with Gasteiger partial charge in [0.2, 0.25) is 11.6 Å². The fourth-order valence-electron chi connectivity index (χ4n) is 1.93. The van der Waals surface area contributed by atoms with E-state index in [1.807, 2.05) is 0 Å². The van der Waals surface area contributed by atoms with Crippen LogP contribution in [0.15, 0.2) is 29.0 Å². The summed E-state index contributed by atoms with van der Waals surface area (Å²) < 4.78 is 5.53. The average Bonchev–Trinajstić information content (AvgIpc) is 3.24. The number of phenols is 1. The first-order valence-corrected chi connectivity index (χ1v) is 6.96. The lowest BCUT2D eigenvalue weighted by Gasteiger charge is -2.07. The van der Waals surface area contributed by atoms with E-state index in [1.165, 1.54) is 24.4 Å². The predicted molar refractivity (Wildman–Crippen MR) is 82.7 cm³/mol. The van der Waals surface area contributed by atoms with Crippen LogP contribution >= 0.6 is 0 Å². The summed E-state index contributed by atoms with van der Waals surface area (Å²) in [6, 6.07) is 3.55. The highest BCUT2D eigenvalue weighted by Crippen LogP contribution is 2.22. The molecule has 0 aliphatic heterocycles. The van der Waals surface area contributed by atoms with Crippen LogP contribution in [0.4, 0.5) is 11.5 Å². The highest BCUT2D eigenvalue weighted by Gasteiger charge is 2.16. The molecule has 0 atom stereocenters. The van der Waals surface area contributed by atoms with E-state index in [-0.39, 0.29) is 40.9 Å². The topological polar surface area (TPSA) is 200 Å². The van der Waals surface area contributed by atoms with Crippen LogP contribution in [0.5, 0.6) is 5.75 Å². The summed E-state index contributed by atoms with van der Waals surface area (Å²) >= 11 is 0. The van der Waals surface area contributed by atoms with E-state index >= 15 is 0 Å². The molecule has 0 aliphatic rings. The first-order valence-electron chi connectivity index (χ1n) is 6.96. The van der Waals surface area contributed by atoms with Crippen molar-refractivity contribution < 1.29 is 19.5 Å². The second-order valence-corrected chi connectivity index (χ2v) is 4.90. The molecule has 5 N–H and O–H groups in total. The number of nitrogens with two attached hydrogens (primary N) is 1. The summed E-state index contributed by atoms with van der Waals surface area (Å²) in [5, 5.41) is 34.7. The van der Waals surface area contributed by atoms with Crippen molar-refractivity contribution in [1.82, 2.24) is 36.2 Å². The lowest BCUT2D eigenvalue weighted by atomic mass is 10.2. The molecule has 3 aromatic rings. The van der Waals surface area contributed by atoms with Crippen molar-refractivity contribution in [2.45, 2.75) is 6.54 Å². The Kier molecular flexibility index (Phi) is 4.40. The van der Waals surface area contributed by atoms with Crippen LogP contribution in [0.1, 0.15) is 16.1 Å². The number of phenolic OH excluding ortho intramolecular Hbond substituents is 1. The number of rotatable bonds is 6. The van der Waals surface area contributed by atoms with Crippen LogP contribution in [-0.4, -0.2) is 41.2 Å². The zero-order chi connectivity index (χ0) is 18.7. The number of amides is 1. The van der Waals surface area contributed by atoms with E-state index in [2.05, 4.69) is 36.1 Å². The first-order chi connectivity index (χ1) is 12.5. The van der Waals surface area contributed by atoms with Crippen molar-refractivity contribution in [2.24, 2.45) is 0 Å². The van der Waals surface area contributed by atoms with Gasteiger partial charge in [0.25, 0.3) is 11.6 Å². The number of carbonyl (C=O) groups excluding carboxylic acids is 1. The third-order valence-electron chi connectivity index (χ3n) is 3.19. The molecule has 2 aromatic heterocycles. The number of carbonyl (C=O) groups is 1. The molecule has 0 spiro atoms. The Hall–Kier alpha value is -4.07. The van der Waals surface area contributed by atoms with Crippen molar-refractivity contribution >= 4 is 17.4 Å². The van der Waals surface area contributed by atoms with Crippen LogP contribution in [0.2, 0.25) is 0 Å². The van der Waals surface area contributed by atoms with Gasteiger partial charge in [-0.3, -0.25) is 20.3 Å². The van der Waals surface area contributed by atoms with Gasteiger partial charge >= 0.3 is 0 Å². The lowest BCUT2D eigenvalue weighted by Crippen LogP contribution is -2.37. The minimum atomic E-state index is -0.642. The zero-order valence-corrected chi connectivity index (χ0v) is 12.9. The number of non-ortho nitro benzene ring substituents is 1. The van der Waals surface area contributed by atoms with Gasteiger partial charge in [0.1, 0.15) is 5.75 Å². The van der Waals surface area contributed by atoms with Gasteiger partial charge in [-0.1, -0.05) is 5.21 Å². The quantitative estimate of drug-likeness (QED) is 0.319. The number of nitrogens with zero attached hydrogens (tertiary/aromatic N) is 6. The average molecular weight is 361 g/mol. The Morgan fingerprint density at radius 2 is 2.23 bits per heavy atom. The second-order valence-electron chi connectivity index (χ2n) is 4.90. The van der Waals surface area contributed by atoms with Gasteiger partial charge in [0, 0.05) is 24.2 Å². The molecule has 0 saturated heterocycles. The number of nitrogen functional groups attached to an aromatic ring is 1. The molecule has 14 nitrogen and oxygen atoms in total. The van der Waals surface area contributed by atoms with Crippen LogP contribution in [0, 0.1) is 10.1 Å². The maximum absolute atomic E-state index is 12.0. The number of aromatic hydroxyl groups is 1. The van der Waals surface area contributed by atoms with Gasteiger partial charge in [0.05, 0.1) is 11.1 Å². The highest BCUT2D eigenvalue weighted by molar-refractivity contribution is 5.91. The number of hydrazine groups is 1. The van der Waals surface area contributed by atoms with E-state index < -0.39 is 10.8 Å². The van der Waals surface area contributed by atoms with Crippen LogP contribution < -0.4 is 16.6 Å². The summed E-state index contributed by atoms with van der Waals surface area (Å²) in [7, 11) is 0. The maximum atomic E-state index is 12.0. The van der Waals surface area contributed by atoms with E-state index in [4.69, 9.17) is 5.73 Å². The van der Waals surface area contributed by atoms with Gasteiger partial charge in [-0.25, -0.2) is 10.1 Å². The summed E-state index contributed by atoms with van der Waals surface area (Å²) in [6.07, 6.45) is 1.25. The number of anilines is 1. The monoisotopic (exact) mass is 361 g/mol. The maximum Gasteiger partial charge on any atom is 0.287 e. The summed E-state index contributed by atoms with van der Waals surface area (Å²) in [6.45, 7) is -0.0620. The van der Waals surface area contributed by atoms with Crippen molar-refractivity contribution in [1.29, 1.82) is 0 Å². The summed E-state index contributed by atoms with van der Waals surface area (Å²) in [5.41, 5.74) is 10.3. The van der Waals surface area contributed by atoms with Crippen LogP contribution in [-0.2, 0) is 6.54 Å². The smallest absolute Gasteiger partial charge is 0.287 e. The molecule has 2 heterocycles. The normalized spacial score (nSPS) is 10.6. The number of nitro groups is 1. The van der Waals surface area contributed by atoms with Gasteiger partial charge < -0.3 is 10.8 Å². The summed E-state index contributed by atoms with van der Waals surface area (Å²) in [5.74, 6) is -0.749. The fourth-order valence-corrected chi connectivity index (χ4v) is 1.93. The van der Waals surface area contributed by atoms with Crippen molar-refractivity contribution in [2.75, 3.05) is 5.73 Å². The molecule has 3 rings (SSSR count). The Balaban J connectivity index is 1.62. The van der Waals surface area contributed by atoms with Gasteiger partial charge in [0.15, 0.2) is 5.69 Å². The van der Waals surface area contributed by atoms with Crippen LogP contribution in [0.25, 0.3) is 5.82 Å². The van der Waals surface area contributed by atoms with E-state index in [9.17, 15) is 20.0 Å². The van der Waals surface area contributed by atoms with Gasteiger partial charge in [-0.15, -0.1) is 5.10 Å². The zero-order valence-electron chi connectivity index (χ0n) is 12.9. The summed E-state index contributed by atoms with van der Waals surface area (Å²) in [4.78, 5) is 22.2. The van der Waals surface area contributed by atoms with E-state index in [0.29, 0.717) is 0 Å². The molecule has 1 amide bonds. The van der Waals surface area contributed by atoms with E-state index in [0.717, 1.165) is 4.68 Å². The predicted octanol–water partition coefficient (Wildman–Crippen LogP) is -0.719. The number of nitro benzene ring substituents is 1. The molecular formula is C12H11N9O5. The number of hydrogen-bond donors (Lipinski definition) is 4. The Morgan fingerprint density at radius 3 is 2.92 bits per heavy atom. The Labute approximate surface area is 143 Å². The Bertz CT molecular complexity index is 966.